The topological polar surface area (TPSA) is 73.2 Å². The van der Waals surface area contributed by atoms with Crippen molar-refractivity contribution in [2.24, 2.45) is 0 Å². The highest BCUT2D eigenvalue weighted by Crippen LogP contribution is 2.29. The second kappa shape index (κ2) is 10.0. The van der Waals surface area contributed by atoms with Gasteiger partial charge >= 0.3 is 6.09 Å². The smallest absolute Gasteiger partial charge is 0.407 e. The summed E-state index contributed by atoms with van der Waals surface area (Å²) in [6, 6.07) is 7.17. The number of hydrogen-bond acceptors (Lipinski definition) is 4. The zero-order valence-corrected chi connectivity index (χ0v) is 19.3. The molecule has 0 radical (unpaired) electrons. The lowest BCUT2D eigenvalue weighted by molar-refractivity contribution is 0.0528. The number of ether oxygens (including phenoxy) is 1. The molecule has 0 saturated carbocycles. The van der Waals surface area contributed by atoms with Crippen molar-refractivity contribution in [2.45, 2.75) is 45.6 Å². The second-order valence-electron chi connectivity index (χ2n) is 8.44. The molecule has 0 spiro atoms. The van der Waals surface area contributed by atoms with E-state index in [0.29, 0.717) is 6.07 Å². The summed E-state index contributed by atoms with van der Waals surface area (Å²) in [6.07, 6.45) is -6.81. The van der Waals surface area contributed by atoms with Crippen molar-refractivity contribution in [1.82, 2.24) is 14.9 Å². The molecular formula is C23H22ClF4N3O3. The van der Waals surface area contributed by atoms with Gasteiger partial charge in [0, 0.05) is 24.1 Å². The number of rotatable bonds is 6. The van der Waals surface area contributed by atoms with Crippen molar-refractivity contribution in [3.8, 4) is 5.69 Å². The number of fused-ring (bicyclic) bond motifs is 1. The fourth-order valence-corrected chi connectivity index (χ4v) is 3.55. The van der Waals surface area contributed by atoms with Crippen LogP contribution in [0, 0.1) is 0 Å². The van der Waals surface area contributed by atoms with Gasteiger partial charge < -0.3 is 10.1 Å². The fourth-order valence-electron chi connectivity index (χ4n) is 3.30. The molecule has 0 aliphatic carbocycles. The Morgan fingerprint density at radius 1 is 1.12 bits per heavy atom. The Balaban J connectivity index is 2.13. The Morgan fingerprint density at radius 3 is 2.29 bits per heavy atom. The van der Waals surface area contributed by atoms with Crippen LogP contribution >= 0.6 is 11.6 Å². The van der Waals surface area contributed by atoms with E-state index in [0.717, 1.165) is 16.7 Å². The number of aromatic nitrogens is 2. The molecule has 1 heterocycles. The molecule has 1 aromatic heterocycles. The van der Waals surface area contributed by atoms with Crippen LogP contribution < -0.4 is 10.9 Å². The summed E-state index contributed by atoms with van der Waals surface area (Å²) in [5.41, 5.74) is -2.76. The molecule has 0 aliphatic rings. The van der Waals surface area contributed by atoms with Gasteiger partial charge in [0.2, 0.25) is 0 Å². The van der Waals surface area contributed by atoms with Gasteiger partial charge in [0.15, 0.2) is 0 Å². The van der Waals surface area contributed by atoms with Gasteiger partial charge in [-0.2, -0.15) is 0 Å². The Morgan fingerprint density at radius 2 is 1.74 bits per heavy atom. The third-order valence-corrected chi connectivity index (χ3v) is 4.97. The van der Waals surface area contributed by atoms with Gasteiger partial charge in [-0.1, -0.05) is 17.7 Å². The number of halogens is 5. The summed E-state index contributed by atoms with van der Waals surface area (Å²) in [5, 5.41) is 2.60. The molecule has 3 aromatic rings. The number of alkyl carbamates (subject to hydrolysis) is 1. The molecule has 182 valence electrons. The molecule has 0 bridgehead atoms. The average molecular weight is 500 g/mol. The van der Waals surface area contributed by atoms with Gasteiger partial charge in [-0.05, 0) is 51.1 Å². The van der Waals surface area contributed by atoms with E-state index in [4.69, 9.17) is 16.3 Å². The van der Waals surface area contributed by atoms with Gasteiger partial charge in [0.25, 0.3) is 18.4 Å². The lowest BCUT2D eigenvalue weighted by Crippen LogP contribution is -2.34. The molecule has 1 amide bonds. The number of nitrogens with one attached hydrogen (secondary N) is 1. The highest BCUT2D eigenvalue weighted by molar-refractivity contribution is 6.35. The minimum absolute atomic E-state index is 0.00839. The van der Waals surface area contributed by atoms with Crippen LogP contribution in [0.5, 0.6) is 0 Å². The predicted octanol–water partition coefficient (Wildman–Crippen LogP) is 5.98. The Labute approximate surface area is 197 Å². The van der Waals surface area contributed by atoms with Gasteiger partial charge in [0.1, 0.15) is 11.4 Å². The van der Waals surface area contributed by atoms with E-state index in [1.807, 2.05) is 0 Å². The Kier molecular flexibility index (Phi) is 7.50. The summed E-state index contributed by atoms with van der Waals surface area (Å²) in [4.78, 5) is 29.7. The number of alkyl halides is 4. The van der Waals surface area contributed by atoms with E-state index in [9.17, 15) is 27.2 Å². The first kappa shape index (κ1) is 25.5. The molecule has 0 fully saturated rings. The van der Waals surface area contributed by atoms with Gasteiger partial charge in [-0.15, -0.1) is 0 Å². The molecule has 3 rings (SSSR count). The number of carbonyl (C=O) groups excluding carboxylic acids is 1. The molecule has 2 aromatic carbocycles. The number of hydrogen-bond donors (Lipinski definition) is 1. The largest absolute Gasteiger partial charge is 0.444 e. The van der Waals surface area contributed by atoms with Gasteiger partial charge in [0.05, 0.1) is 21.6 Å². The van der Waals surface area contributed by atoms with Crippen LogP contribution in [0.2, 0.25) is 5.02 Å². The monoisotopic (exact) mass is 499 g/mol. The van der Waals surface area contributed by atoms with Crippen LogP contribution in [-0.2, 0) is 11.2 Å². The normalized spacial score (nSPS) is 11.9. The Hall–Kier alpha value is -3.14. The number of amides is 1. The highest BCUT2D eigenvalue weighted by Gasteiger charge is 2.21. The van der Waals surface area contributed by atoms with E-state index < -0.39 is 41.2 Å². The van der Waals surface area contributed by atoms with Crippen LogP contribution in [0.3, 0.4) is 0 Å². The molecule has 0 unspecified atom stereocenters. The van der Waals surface area contributed by atoms with Crippen molar-refractivity contribution in [3.63, 3.8) is 0 Å². The predicted molar refractivity (Wildman–Crippen MR) is 120 cm³/mol. The SMILES string of the molecule is CC(C)(C)OC(=O)NCCc1nc2cccc(Cl)c2c(=O)n1-c1cc(C(F)F)cc(C(F)F)c1. The zero-order valence-electron chi connectivity index (χ0n) is 18.5. The Bertz CT molecular complexity index is 1250. The highest BCUT2D eigenvalue weighted by atomic mass is 35.5. The summed E-state index contributed by atoms with van der Waals surface area (Å²) >= 11 is 6.18. The van der Waals surface area contributed by atoms with Crippen LogP contribution in [0.1, 0.15) is 50.6 Å². The third kappa shape index (κ3) is 5.85. The van der Waals surface area contributed by atoms with Crippen molar-refractivity contribution in [1.29, 1.82) is 0 Å². The summed E-state index contributed by atoms with van der Waals surface area (Å²) in [7, 11) is 0. The van der Waals surface area contributed by atoms with Gasteiger partial charge in [-0.3, -0.25) is 9.36 Å². The maximum atomic E-state index is 13.4. The first-order valence-electron chi connectivity index (χ1n) is 10.3. The molecule has 1 N–H and O–H groups in total. The molecular weight excluding hydrogens is 478 g/mol. The molecule has 0 saturated heterocycles. The number of benzene rings is 2. The molecule has 11 heteroatoms. The number of nitrogens with zero attached hydrogens (tertiary/aromatic N) is 2. The van der Waals surface area contributed by atoms with E-state index in [2.05, 4.69) is 10.3 Å². The molecule has 34 heavy (non-hydrogen) atoms. The van der Waals surface area contributed by atoms with Crippen molar-refractivity contribution in [3.05, 3.63) is 68.7 Å². The van der Waals surface area contributed by atoms with E-state index >= 15 is 0 Å². The minimum atomic E-state index is -3.04. The van der Waals surface area contributed by atoms with Crippen molar-refractivity contribution in [2.75, 3.05) is 6.54 Å². The quantitative estimate of drug-likeness (QED) is 0.423. The van der Waals surface area contributed by atoms with Crippen molar-refractivity contribution < 1.29 is 27.1 Å². The molecule has 6 nitrogen and oxygen atoms in total. The number of carbonyl (C=O) groups is 1. The minimum Gasteiger partial charge on any atom is -0.444 e. The van der Waals surface area contributed by atoms with Crippen LogP contribution in [0.15, 0.2) is 41.2 Å². The van der Waals surface area contributed by atoms with Crippen LogP contribution in [-0.4, -0.2) is 27.8 Å². The summed E-state index contributed by atoms with van der Waals surface area (Å²) < 4.78 is 59.8. The first-order valence-corrected chi connectivity index (χ1v) is 10.6. The maximum Gasteiger partial charge on any atom is 0.407 e. The lowest BCUT2D eigenvalue weighted by atomic mass is 10.1. The first-order chi connectivity index (χ1) is 15.9. The van der Waals surface area contributed by atoms with Crippen molar-refractivity contribution >= 4 is 28.6 Å². The van der Waals surface area contributed by atoms with Crippen LogP contribution in [0.4, 0.5) is 22.4 Å². The maximum absolute atomic E-state index is 13.4. The average Bonchev–Trinajstić information content (AvgIpc) is 2.72. The molecule has 0 atom stereocenters. The molecule has 0 aliphatic heterocycles. The zero-order chi connectivity index (χ0) is 25.2. The van der Waals surface area contributed by atoms with E-state index in [1.165, 1.54) is 12.1 Å². The van der Waals surface area contributed by atoms with E-state index in [-0.39, 0.29) is 40.4 Å². The van der Waals surface area contributed by atoms with E-state index in [1.54, 1.807) is 26.8 Å². The lowest BCUT2D eigenvalue weighted by Gasteiger charge is -2.20. The second-order valence-corrected chi connectivity index (χ2v) is 8.85. The van der Waals surface area contributed by atoms with Gasteiger partial charge in [-0.25, -0.2) is 27.3 Å². The standard InChI is InChI=1S/C23H22ClF4N3O3/c1-23(2,3)34-22(33)29-8-7-17-30-16-6-4-5-15(24)18(16)21(32)31(17)14-10-12(19(25)26)9-13(11-14)20(27)28/h4-6,9-11,19-20H,7-8H2,1-3H3,(H,29,33). The van der Waals surface area contributed by atoms with Crippen LogP contribution in [0.25, 0.3) is 16.6 Å². The fraction of sp³-hybridized carbons (Fsp3) is 0.348. The third-order valence-electron chi connectivity index (χ3n) is 4.66. The summed E-state index contributed by atoms with van der Waals surface area (Å²) in [6.45, 7) is 5.05. The summed E-state index contributed by atoms with van der Waals surface area (Å²) in [5.74, 6) is 0.0578.